The van der Waals surface area contributed by atoms with Crippen LogP contribution in [0.4, 0.5) is 0 Å². The highest BCUT2D eigenvalue weighted by molar-refractivity contribution is 5.86. The van der Waals surface area contributed by atoms with Gasteiger partial charge in [-0.05, 0) is 36.8 Å². The molecule has 136 valence electrons. The third-order valence-electron chi connectivity index (χ3n) is 4.24. The van der Waals surface area contributed by atoms with E-state index in [4.69, 9.17) is 14.6 Å². The number of ether oxygens (including phenoxy) is 2. The van der Waals surface area contributed by atoms with Gasteiger partial charge in [0.05, 0.1) is 12.5 Å². The van der Waals surface area contributed by atoms with Crippen LogP contribution in [0.15, 0.2) is 48.5 Å². The van der Waals surface area contributed by atoms with Gasteiger partial charge in [-0.2, -0.15) is 0 Å². The van der Waals surface area contributed by atoms with Crippen LogP contribution in [0.2, 0.25) is 0 Å². The minimum atomic E-state index is -0.919. The van der Waals surface area contributed by atoms with Gasteiger partial charge in [-0.1, -0.05) is 24.3 Å². The number of para-hydroxylation sites is 2. The van der Waals surface area contributed by atoms with Crippen molar-refractivity contribution in [3.05, 3.63) is 54.1 Å². The molecular weight excluding hydrogens is 334 g/mol. The summed E-state index contributed by atoms with van der Waals surface area (Å²) in [7, 11) is 0. The van der Waals surface area contributed by atoms with Crippen LogP contribution in [0.25, 0.3) is 0 Å². The zero-order chi connectivity index (χ0) is 18.5. The Balaban J connectivity index is 1.64. The van der Waals surface area contributed by atoms with Crippen molar-refractivity contribution in [2.75, 3.05) is 13.2 Å². The van der Waals surface area contributed by atoms with Gasteiger partial charge in [0.25, 0.3) is 0 Å². The van der Waals surface area contributed by atoms with Crippen LogP contribution in [0, 0.1) is 5.92 Å². The van der Waals surface area contributed by atoms with E-state index in [1.807, 2.05) is 55.5 Å². The average molecular weight is 355 g/mol. The predicted molar refractivity (Wildman–Crippen MR) is 95.3 cm³/mol. The van der Waals surface area contributed by atoms with E-state index in [0.717, 1.165) is 5.56 Å². The Morgan fingerprint density at radius 3 is 2.46 bits per heavy atom. The summed E-state index contributed by atoms with van der Waals surface area (Å²) in [6, 6.07) is 14.9. The number of aliphatic carboxylic acids is 1. The number of amides is 1. The SMILES string of the molecule is CCOc1ccccc1Oc1ccc(CN2CC(C(=O)O)CC2=O)cc1. The molecule has 0 aromatic heterocycles. The summed E-state index contributed by atoms with van der Waals surface area (Å²) in [5.74, 6) is 0.334. The van der Waals surface area contributed by atoms with Crippen LogP contribution in [0.1, 0.15) is 18.9 Å². The van der Waals surface area contributed by atoms with Crippen molar-refractivity contribution in [2.24, 2.45) is 5.92 Å². The second kappa shape index (κ2) is 7.91. The molecule has 26 heavy (non-hydrogen) atoms. The van der Waals surface area contributed by atoms with Crippen molar-refractivity contribution < 1.29 is 24.2 Å². The number of carboxylic acids is 1. The lowest BCUT2D eigenvalue weighted by Gasteiger charge is -2.16. The van der Waals surface area contributed by atoms with Gasteiger partial charge in [-0.25, -0.2) is 0 Å². The predicted octanol–water partition coefficient (Wildman–Crippen LogP) is 3.31. The van der Waals surface area contributed by atoms with Crippen molar-refractivity contribution in [3.8, 4) is 17.2 Å². The highest BCUT2D eigenvalue weighted by atomic mass is 16.5. The van der Waals surface area contributed by atoms with Gasteiger partial charge in [0.2, 0.25) is 5.91 Å². The van der Waals surface area contributed by atoms with Crippen molar-refractivity contribution in [2.45, 2.75) is 19.9 Å². The van der Waals surface area contributed by atoms with Gasteiger partial charge in [-0.3, -0.25) is 9.59 Å². The molecule has 1 saturated heterocycles. The molecular formula is C20H21NO5. The molecule has 1 amide bonds. The molecule has 2 aromatic rings. The molecule has 1 heterocycles. The van der Waals surface area contributed by atoms with Gasteiger partial charge in [-0.15, -0.1) is 0 Å². The smallest absolute Gasteiger partial charge is 0.308 e. The maximum Gasteiger partial charge on any atom is 0.308 e. The molecule has 1 atom stereocenters. The van der Waals surface area contributed by atoms with E-state index in [9.17, 15) is 9.59 Å². The summed E-state index contributed by atoms with van der Waals surface area (Å²) >= 11 is 0. The third kappa shape index (κ3) is 4.14. The van der Waals surface area contributed by atoms with E-state index in [-0.39, 0.29) is 18.9 Å². The summed E-state index contributed by atoms with van der Waals surface area (Å²) in [4.78, 5) is 24.5. The second-order valence-corrected chi connectivity index (χ2v) is 6.14. The molecule has 1 aliphatic heterocycles. The Labute approximate surface area is 152 Å². The molecule has 0 saturated carbocycles. The van der Waals surface area contributed by atoms with E-state index < -0.39 is 11.9 Å². The number of benzene rings is 2. The van der Waals surface area contributed by atoms with Crippen LogP contribution >= 0.6 is 0 Å². The van der Waals surface area contributed by atoms with E-state index in [1.54, 1.807) is 4.90 Å². The summed E-state index contributed by atoms with van der Waals surface area (Å²) in [5, 5.41) is 9.05. The van der Waals surface area contributed by atoms with Gasteiger partial charge >= 0.3 is 5.97 Å². The number of likely N-dealkylation sites (tertiary alicyclic amines) is 1. The van der Waals surface area contributed by atoms with Crippen molar-refractivity contribution >= 4 is 11.9 Å². The van der Waals surface area contributed by atoms with Crippen molar-refractivity contribution in [1.29, 1.82) is 0 Å². The van der Waals surface area contributed by atoms with Crippen LogP contribution in [-0.2, 0) is 16.1 Å². The van der Waals surface area contributed by atoms with Crippen LogP contribution in [0.5, 0.6) is 17.2 Å². The molecule has 2 aromatic carbocycles. The Morgan fingerprint density at radius 2 is 1.85 bits per heavy atom. The zero-order valence-corrected chi connectivity index (χ0v) is 14.6. The fourth-order valence-corrected chi connectivity index (χ4v) is 2.91. The summed E-state index contributed by atoms with van der Waals surface area (Å²) < 4.78 is 11.4. The molecule has 1 N–H and O–H groups in total. The molecule has 0 radical (unpaired) electrons. The average Bonchev–Trinajstić information content (AvgIpc) is 3.00. The first-order valence-corrected chi connectivity index (χ1v) is 8.56. The van der Waals surface area contributed by atoms with Crippen molar-refractivity contribution in [1.82, 2.24) is 4.90 Å². The van der Waals surface area contributed by atoms with E-state index in [0.29, 0.717) is 30.4 Å². The van der Waals surface area contributed by atoms with E-state index >= 15 is 0 Å². The Hall–Kier alpha value is -3.02. The zero-order valence-electron chi connectivity index (χ0n) is 14.6. The minimum Gasteiger partial charge on any atom is -0.490 e. The first-order chi connectivity index (χ1) is 12.6. The highest BCUT2D eigenvalue weighted by Gasteiger charge is 2.33. The first-order valence-electron chi connectivity index (χ1n) is 8.56. The summed E-state index contributed by atoms with van der Waals surface area (Å²) in [5.41, 5.74) is 0.926. The Morgan fingerprint density at radius 1 is 1.15 bits per heavy atom. The number of hydrogen-bond acceptors (Lipinski definition) is 4. The topological polar surface area (TPSA) is 76.1 Å². The lowest BCUT2D eigenvalue weighted by molar-refractivity contribution is -0.141. The van der Waals surface area contributed by atoms with E-state index in [1.165, 1.54) is 0 Å². The van der Waals surface area contributed by atoms with Gasteiger partial charge in [0.15, 0.2) is 11.5 Å². The number of hydrogen-bond donors (Lipinski definition) is 1. The quantitative estimate of drug-likeness (QED) is 0.825. The monoisotopic (exact) mass is 355 g/mol. The standard InChI is InChI=1S/C20H21NO5/c1-2-25-17-5-3-4-6-18(17)26-16-9-7-14(8-10-16)12-21-13-15(20(23)24)11-19(21)22/h3-10,15H,2,11-13H2,1H3,(H,23,24). The number of carbonyl (C=O) groups excluding carboxylic acids is 1. The second-order valence-electron chi connectivity index (χ2n) is 6.14. The molecule has 0 spiro atoms. The highest BCUT2D eigenvalue weighted by Crippen LogP contribution is 2.31. The summed E-state index contributed by atoms with van der Waals surface area (Å²) in [6.45, 7) is 3.13. The fourth-order valence-electron chi connectivity index (χ4n) is 2.91. The van der Waals surface area contributed by atoms with Gasteiger partial charge in [0.1, 0.15) is 5.75 Å². The lowest BCUT2D eigenvalue weighted by Crippen LogP contribution is -2.25. The molecule has 0 aliphatic carbocycles. The maximum atomic E-state index is 11.9. The van der Waals surface area contributed by atoms with E-state index in [2.05, 4.69) is 0 Å². The Bertz CT molecular complexity index is 787. The number of carbonyl (C=O) groups is 2. The summed E-state index contributed by atoms with van der Waals surface area (Å²) in [6.07, 6.45) is 0.0741. The van der Waals surface area contributed by atoms with Crippen LogP contribution in [-0.4, -0.2) is 35.0 Å². The number of carboxylic acid groups (broad SMARTS) is 1. The molecule has 3 rings (SSSR count). The van der Waals surface area contributed by atoms with Gasteiger partial charge < -0.3 is 19.5 Å². The molecule has 6 heteroatoms. The number of rotatable bonds is 7. The first kappa shape index (κ1) is 17.8. The molecule has 1 unspecified atom stereocenters. The molecule has 0 bridgehead atoms. The van der Waals surface area contributed by atoms with Crippen LogP contribution < -0.4 is 9.47 Å². The Kier molecular flexibility index (Phi) is 5.41. The molecule has 6 nitrogen and oxygen atoms in total. The number of nitrogens with zero attached hydrogens (tertiary/aromatic N) is 1. The third-order valence-corrected chi connectivity index (χ3v) is 4.24. The van der Waals surface area contributed by atoms with Gasteiger partial charge in [0, 0.05) is 19.5 Å². The molecule has 1 aliphatic rings. The largest absolute Gasteiger partial charge is 0.490 e. The lowest BCUT2D eigenvalue weighted by atomic mass is 10.1. The molecule has 1 fully saturated rings. The van der Waals surface area contributed by atoms with Crippen molar-refractivity contribution in [3.63, 3.8) is 0 Å². The normalized spacial score (nSPS) is 16.6. The maximum absolute atomic E-state index is 11.9. The minimum absolute atomic E-state index is 0.0741. The fraction of sp³-hybridized carbons (Fsp3) is 0.300. The van der Waals surface area contributed by atoms with Crippen LogP contribution in [0.3, 0.4) is 0 Å².